The summed E-state index contributed by atoms with van der Waals surface area (Å²) in [5, 5.41) is 0. The number of amides is 1. The molecule has 104 valence electrons. The van der Waals surface area contributed by atoms with Crippen LogP contribution >= 0.6 is 0 Å². The summed E-state index contributed by atoms with van der Waals surface area (Å²) in [6, 6.07) is 8.03. The maximum absolute atomic E-state index is 12.4. The third-order valence-electron chi connectivity index (χ3n) is 3.93. The van der Waals surface area contributed by atoms with Gasteiger partial charge in [-0.25, -0.2) is 0 Å². The Hall–Kier alpha value is -1.35. The van der Waals surface area contributed by atoms with Gasteiger partial charge in [0, 0.05) is 13.1 Å². The second kappa shape index (κ2) is 5.33. The predicted octanol–water partition coefficient (Wildman–Crippen LogP) is 1.99. The summed E-state index contributed by atoms with van der Waals surface area (Å²) in [6.07, 6.45) is 1.86. The Bertz CT molecular complexity index is 435. The number of nitrogens with zero attached hydrogens (tertiary/aromatic N) is 1. The summed E-state index contributed by atoms with van der Waals surface area (Å²) in [7, 11) is 0. The quantitative estimate of drug-likeness (QED) is 0.839. The molecule has 2 rings (SSSR count). The van der Waals surface area contributed by atoms with Gasteiger partial charge in [0.1, 0.15) is 0 Å². The molecule has 1 atom stereocenters. The molecule has 0 aliphatic carbocycles. The highest BCUT2D eigenvalue weighted by Gasteiger charge is 2.31. The van der Waals surface area contributed by atoms with Crippen molar-refractivity contribution in [2.75, 3.05) is 13.1 Å². The van der Waals surface area contributed by atoms with Crippen molar-refractivity contribution in [3.05, 3.63) is 35.4 Å². The largest absolute Gasteiger partial charge is 0.341 e. The van der Waals surface area contributed by atoms with Gasteiger partial charge in [0.15, 0.2) is 0 Å². The Labute approximate surface area is 115 Å². The first kappa shape index (κ1) is 14.1. The van der Waals surface area contributed by atoms with E-state index in [-0.39, 0.29) is 11.3 Å². The van der Waals surface area contributed by atoms with Crippen molar-refractivity contribution in [3.63, 3.8) is 0 Å². The SMILES string of the molecule is CC(C)(C)[C@@H](N)C(=O)N1CCc2ccccc2CC1. The number of nitrogens with two attached hydrogens (primary N) is 1. The molecule has 0 radical (unpaired) electrons. The lowest BCUT2D eigenvalue weighted by Gasteiger charge is -2.31. The topological polar surface area (TPSA) is 46.3 Å². The molecule has 1 heterocycles. The van der Waals surface area contributed by atoms with E-state index >= 15 is 0 Å². The molecule has 3 heteroatoms. The van der Waals surface area contributed by atoms with Crippen molar-refractivity contribution in [1.29, 1.82) is 0 Å². The minimum atomic E-state index is -0.422. The van der Waals surface area contributed by atoms with Crippen molar-refractivity contribution in [2.24, 2.45) is 11.1 Å². The first-order valence-electron chi connectivity index (χ1n) is 7.01. The summed E-state index contributed by atoms with van der Waals surface area (Å²) in [4.78, 5) is 14.4. The van der Waals surface area contributed by atoms with E-state index in [1.54, 1.807) is 0 Å². The van der Waals surface area contributed by atoms with Crippen molar-refractivity contribution >= 4 is 5.91 Å². The zero-order valence-corrected chi connectivity index (χ0v) is 12.1. The molecule has 0 unspecified atom stereocenters. The molecule has 1 aromatic carbocycles. The molecule has 1 aliphatic rings. The molecule has 0 bridgehead atoms. The van der Waals surface area contributed by atoms with Crippen LogP contribution in [0.3, 0.4) is 0 Å². The maximum atomic E-state index is 12.4. The van der Waals surface area contributed by atoms with Gasteiger partial charge in [0.25, 0.3) is 0 Å². The Kier molecular flexibility index (Phi) is 3.95. The molecule has 1 amide bonds. The zero-order valence-electron chi connectivity index (χ0n) is 12.1. The lowest BCUT2D eigenvalue weighted by molar-refractivity contribution is -0.134. The second-order valence-electron chi connectivity index (χ2n) is 6.44. The summed E-state index contributed by atoms with van der Waals surface area (Å²) in [5.74, 6) is 0.0836. The van der Waals surface area contributed by atoms with Crippen molar-refractivity contribution in [1.82, 2.24) is 4.90 Å². The van der Waals surface area contributed by atoms with E-state index in [4.69, 9.17) is 5.73 Å². The summed E-state index contributed by atoms with van der Waals surface area (Å²) in [5.41, 5.74) is 8.63. The van der Waals surface area contributed by atoms with Crippen LogP contribution in [0.1, 0.15) is 31.9 Å². The fourth-order valence-corrected chi connectivity index (χ4v) is 2.46. The lowest BCUT2D eigenvalue weighted by Crippen LogP contribution is -2.51. The highest BCUT2D eigenvalue weighted by atomic mass is 16.2. The monoisotopic (exact) mass is 260 g/mol. The van der Waals surface area contributed by atoms with Gasteiger partial charge in [-0.3, -0.25) is 4.79 Å². The molecular formula is C16H24N2O. The van der Waals surface area contributed by atoms with E-state index < -0.39 is 6.04 Å². The smallest absolute Gasteiger partial charge is 0.240 e. The number of fused-ring (bicyclic) bond motifs is 1. The molecule has 0 spiro atoms. The molecule has 0 fully saturated rings. The summed E-state index contributed by atoms with van der Waals surface area (Å²) < 4.78 is 0. The third kappa shape index (κ3) is 3.16. The van der Waals surface area contributed by atoms with Crippen LogP contribution in [0.15, 0.2) is 24.3 Å². The summed E-state index contributed by atoms with van der Waals surface area (Å²) in [6.45, 7) is 7.60. The Morgan fingerprint density at radius 1 is 1.16 bits per heavy atom. The number of hydrogen-bond donors (Lipinski definition) is 1. The van der Waals surface area contributed by atoms with Gasteiger partial charge in [-0.2, -0.15) is 0 Å². The standard InChI is InChI=1S/C16H24N2O/c1-16(2,3)14(17)15(19)18-10-8-12-6-4-5-7-13(12)9-11-18/h4-7,14H,8-11,17H2,1-3H3/t14-/m0/s1. The zero-order chi connectivity index (χ0) is 14.0. The molecule has 19 heavy (non-hydrogen) atoms. The van der Waals surface area contributed by atoms with Crippen LogP contribution in [0, 0.1) is 5.41 Å². The molecule has 1 aliphatic heterocycles. The van der Waals surface area contributed by atoms with Gasteiger partial charge in [0.2, 0.25) is 5.91 Å². The number of rotatable bonds is 1. The van der Waals surface area contributed by atoms with Gasteiger partial charge in [-0.15, -0.1) is 0 Å². The van der Waals surface area contributed by atoms with E-state index in [2.05, 4.69) is 24.3 Å². The van der Waals surface area contributed by atoms with Crippen molar-refractivity contribution < 1.29 is 4.79 Å². The van der Waals surface area contributed by atoms with Crippen molar-refractivity contribution in [2.45, 2.75) is 39.7 Å². The predicted molar refractivity (Wildman–Crippen MR) is 77.9 cm³/mol. The fraction of sp³-hybridized carbons (Fsp3) is 0.562. The maximum Gasteiger partial charge on any atom is 0.240 e. The number of benzene rings is 1. The third-order valence-corrected chi connectivity index (χ3v) is 3.93. The molecule has 3 nitrogen and oxygen atoms in total. The van der Waals surface area contributed by atoms with Crippen LogP contribution in [-0.2, 0) is 17.6 Å². The minimum Gasteiger partial charge on any atom is -0.341 e. The first-order valence-corrected chi connectivity index (χ1v) is 7.01. The van der Waals surface area contributed by atoms with E-state index in [0.717, 1.165) is 25.9 Å². The van der Waals surface area contributed by atoms with Gasteiger partial charge in [-0.1, -0.05) is 45.0 Å². The van der Waals surface area contributed by atoms with Crippen LogP contribution in [0.25, 0.3) is 0 Å². The second-order valence-corrected chi connectivity index (χ2v) is 6.44. The normalized spacial score (nSPS) is 17.6. The summed E-state index contributed by atoms with van der Waals surface area (Å²) >= 11 is 0. The average molecular weight is 260 g/mol. The highest BCUT2D eigenvalue weighted by Crippen LogP contribution is 2.21. The molecule has 0 aromatic heterocycles. The fourth-order valence-electron chi connectivity index (χ4n) is 2.46. The Morgan fingerprint density at radius 3 is 2.05 bits per heavy atom. The molecular weight excluding hydrogens is 236 g/mol. The van der Waals surface area contributed by atoms with E-state index in [0.29, 0.717) is 0 Å². The van der Waals surface area contributed by atoms with Crippen LogP contribution < -0.4 is 5.73 Å². The number of carbonyl (C=O) groups is 1. The van der Waals surface area contributed by atoms with Gasteiger partial charge in [-0.05, 0) is 29.4 Å². The van der Waals surface area contributed by atoms with Crippen LogP contribution in [0.2, 0.25) is 0 Å². The Morgan fingerprint density at radius 2 is 1.63 bits per heavy atom. The molecule has 2 N–H and O–H groups in total. The van der Waals surface area contributed by atoms with Crippen molar-refractivity contribution in [3.8, 4) is 0 Å². The first-order chi connectivity index (χ1) is 8.89. The molecule has 0 saturated carbocycles. The van der Waals surface area contributed by atoms with Crippen LogP contribution in [0.5, 0.6) is 0 Å². The van der Waals surface area contributed by atoms with E-state index in [1.165, 1.54) is 11.1 Å². The van der Waals surface area contributed by atoms with E-state index in [9.17, 15) is 4.79 Å². The molecule has 1 aromatic rings. The van der Waals surface area contributed by atoms with Crippen LogP contribution in [-0.4, -0.2) is 29.9 Å². The molecule has 0 saturated heterocycles. The van der Waals surface area contributed by atoms with Gasteiger partial charge in [0.05, 0.1) is 6.04 Å². The minimum absolute atomic E-state index is 0.0836. The number of hydrogen-bond acceptors (Lipinski definition) is 2. The number of carbonyl (C=O) groups excluding carboxylic acids is 1. The highest BCUT2D eigenvalue weighted by molar-refractivity contribution is 5.82. The van der Waals surface area contributed by atoms with Gasteiger partial charge < -0.3 is 10.6 Å². The lowest BCUT2D eigenvalue weighted by atomic mass is 9.86. The van der Waals surface area contributed by atoms with Gasteiger partial charge >= 0.3 is 0 Å². The van der Waals surface area contributed by atoms with Crippen LogP contribution in [0.4, 0.5) is 0 Å². The van der Waals surface area contributed by atoms with E-state index in [1.807, 2.05) is 25.7 Å². The average Bonchev–Trinajstić information content (AvgIpc) is 2.58. The Balaban J connectivity index is 2.08.